The lowest BCUT2D eigenvalue weighted by Gasteiger charge is -2.31. The van der Waals surface area contributed by atoms with Gasteiger partial charge in [0.15, 0.2) is 0 Å². The quantitative estimate of drug-likeness (QED) is 0.0400. The molecule has 0 aliphatic carbocycles. The molecule has 0 bridgehead atoms. The number of amides is 7. The van der Waals surface area contributed by atoms with Gasteiger partial charge in [0.1, 0.15) is 42.3 Å². The summed E-state index contributed by atoms with van der Waals surface area (Å²) in [7, 11) is 0. The van der Waals surface area contributed by atoms with Crippen molar-refractivity contribution in [3.05, 3.63) is 35.9 Å². The predicted octanol–water partition coefficient (Wildman–Crippen LogP) is 1.10. The lowest BCUT2D eigenvalue weighted by Crippen LogP contribution is -2.61. The minimum atomic E-state index is -1.28. The Morgan fingerprint density at radius 3 is 1.88 bits per heavy atom. The number of carboxylic acid groups (broad SMARTS) is 1. The molecule has 18 nitrogen and oxygen atoms in total. The summed E-state index contributed by atoms with van der Waals surface area (Å²) in [5.41, 5.74) is 12.4. The van der Waals surface area contributed by atoms with Crippen LogP contribution in [0, 0.1) is 17.8 Å². The number of benzene rings is 1. The van der Waals surface area contributed by atoms with E-state index in [9.17, 15) is 43.5 Å². The van der Waals surface area contributed by atoms with Crippen LogP contribution in [0.1, 0.15) is 98.5 Å². The normalized spacial score (nSPS) is 17.0. The Labute approximate surface area is 394 Å². The van der Waals surface area contributed by atoms with Crippen molar-refractivity contribution in [2.75, 3.05) is 30.9 Å². The highest BCUT2D eigenvalue weighted by molar-refractivity contribution is 7.98. The molecular weight excluding hydrogens is 875 g/mol. The summed E-state index contributed by atoms with van der Waals surface area (Å²) >= 11 is 5.44. The van der Waals surface area contributed by atoms with Crippen LogP contribution in [0.3, 0.4) is 0 Å². The van der Waals surface area contributed by atoms with Gasteiger partial charge >= 0.3 is 5.97 Å². The fraction of sp³-hybridized carbons (Fsp3) is 0.689. The number of rotatable bonds is 29. The first-order valence-electron chi connectivity index (χ1n) is 22.7. The highest BCUT2D eigenvalue weighted by Crippen LogP contribution is 2.22. The van der Waals surface area contributed by atoms with E-state index < -0.39 is 102 Å². The number of carbonyl (C=O) groups excluding carboxylic acids is 7. The third-order valence-corrected chi connectivity index (χ3v) is 12.0. The van der Waals surface area contributed by atoms with Gasteiger partial charge in [0.05, 0.1) is 6.04 Å². The summed E-state index contributed by atoms with van der Waals surface area (Å²) in [5.74, 6) is -5.68. The van der Waals surface area contributed by atoms with Crippen molar-refractivity contribution in [3.8, 4) is 0 Å². The summed E-state index contributed by atoms with van der Waals surface area (Å²) < 4.78 is 0. The number of nitrogens with one attached hydrogen (secondary N) is 6. The molecule has 65 heavy (non-hydrogen) atoms. The predicted molar refractivity (Wildman–Crippen MR) is 256 cm³/mol. The van der Waals surface area contributed by atoms with E-state index >= 15 is 0 Å². The van der Waals surface area contributed by atoms with E-state index in [-0.39, 0.29) is 43.4 Å². The Morgan fingerprint density at radius 2 is 1.31 bits per heavy atom. The highest BCUT2D eigenvalue weighted by atomic mass is 32.2. The van der Waals surface area contributed by atoms with E-state index in [1.54, 1.807) is 44.2 Å². The largest absolute Gasteiger partial charge is 0.480 e. The van der Waals surface area contributed by atoms with Gasteiger partial charge in [-0.05, 0) is 86.8 Å². The smallest absolute Gasteiger partial charge is 0.327 e. The van der Waals surface area contributed by atoms with E-state index in [2.05, 4.69) is 44.5 Å². The number of nitrogens with two attached hydrogens (primary N) is 2. The average molecular weight is 950 g/mol. The van der Waals surface area contributed by atoms with Gasteiger partial charge < -0.3 is 53.4 Å². The molecule has 1 heterocycles. The van der Waals surface area contributed by atoms with E-state index in [1.807, 2.05) is 34.0 Å². The third-order valence-electron chi connectivity index (χ3n) is 11.0. The van der Waals surface area contributed by atoms with Crippen LogP contribution in [0.15, 0.2) is 30.3 Å². The number of aliphatic carboxylic acids is 1. The number of carbonyl (C=O) groups is 8. The van der Waals surface area contributed by atoms with Crippen molar-refractivity contribution < 1.29 is 43.5 Å². The molecule has 11 N–H and O–H groups in total. The monoisotopic (exact) mass is 950 g/mol. The number of unbranched alkanes of at least 4 members (excludes halogenated alkanes) is 1. The van der Waals surface area contributed by atoms with Crippen molar-refractivity contribution in [3.63, 3.8) is 0 Å². The van der Waals surface area contributed by atoms with Crippen LogP contribution in [0.2, 0.25) is 0 Å². The molecule has 20 heteroatoms. The fourth-order valence-corrected chi connectivity index (χ4v) is 8.15. The summed E-state index contributed by atoms with van der Waals surface area (Å²) in [6.07, 6.45) is 5.19. The molecule has 0 saturated carbocycles. The van der Waals surface area contributed by atoms with Gasteiger partial charge in [0.25, 0.3) is 0 Å². The number of hydrogen-bond donors (Lipinski definition) is 10. The standard InChI is InChI=1S/C45H75N9O9S2/c1-26(2)22-32(50-42(59)36-17-13-20-54(36)44(61)34(23-27(3)4)51-38(55)30(47)16-11-12-19-46)40(57)49-33(24-29-14-9-8-10-15-29)41(58)53-37(28(5)6)43(60)48-31(18-21-65-7)39(56)52-35(25-64)45(62)63/h8-10,14-15,26-28,30-37,64H,11-13,16-25,46-47H2,1-7H3,(H,48,60)(H,49,57)(H,50,59)(H,51,55)(H,52,56)(H,53,58)(H,62,63)/t30-,31-,32-,33-,34-,35-,36-,37-/m0/s1. The molecule has 1 aromatic rings. The van der Waals surface area contributed by atoms with Gasteiger partial charge in [-0.2, -0.15) is 24.4 Å². The molecule has 1 aromatic carbocycles. The number of carboxylic acids is 1. The van der Waals surface area contributed by atoms with Crippen LogP contribution in [-0.4, -0.2) is 137 Å². The summed E-state index contributed by atoms with van der Waals surface area (Å²) in [4.78, 5) is 110. The molecule has 8 atom stereocenters. The summed E-state index contributed by atoms with van der Waals surface area (Å²) in [6.45, 7) is 11.8. The zero-order chi connectivity index (χ0) is 48.8. The second-order valence-corrected chi connectivity index (χ2v) is 19.2. The summed E-state index contributed by atoms with van der Waals surface area (Å²) in [5, 5.41) is 25.8. The first-order valence-corrected chi connectivity index (χ1v) is 24.7. The second-order valence-electron chi connectivity index (χ2n) is 17.9. The van der Waals surface area contributed by atoms with Gasteiger partial charge in [0, 0.05) is 18.7 Å². The fourth-order valence-electron chi connectivity index (χ4n) is 7.43. The minimum Gasteiger partial charge on any atom is -0.480 e. The maximum atomic E-state index is 14.3. The average Bonchev–Trinajstić information content (AvgIpc) is 3.75. The van der Waals surface area contributed by atoms with Gasteiger partial charge in [0.2, 0.25) is 41.4 Å². The van der Waals surface area contributed by atoms with Gasteiger partial charge in [-0.15, -0.1) is 0 Å². The van der Waals surface area contributed by atoms with Crippen LogP contribution < -0.4 is 43.4 Å². The zero-order valence-electron chi connectivity index (χ0n) is 39.1. The molecule has 366 valence electrons. The van der Waals surface area contributed by atoms with Crippen LogP contribution in [0.4, 0.5) is 0 Å². The minimum absolute atomic E-state index is 0.0246. The molecule has 0 unspecified atom stereocenters. The van der Waals surface area contributed by atoms with Crippen molar-refractivity contribution in [1.29, 1.82) is 0 Å². The molecule has 1 fully saturated rings. The lowest BCUT2D eigenvalue weighted by atomic mass is 9.99. The molecule has 7 amide bonds. The van der Waals surface area contributed by atoms with Crippen LogP contribution >= 0.6 is 24.4 Å². The number of nitrogens with zero attached hydrogens (tertiary/aromatic N) is 1. The Balaban J connectivity index is 2.35. The Kier molecular flexibility index (Phi) is 25.6. The zero-order valence-corrected chi connectivity index (χ0v) is 40.8. The van der Waals surface area contributed by atoms with E-state index in [0.29, 0.717) is 56.4 Å². The molecule has 0 spiro atoms. The van der Waals surface area contributed by atoms with Crippen molar-refractivity contribution in [2.45, 2.75) is 148 Å². The van der Waals surface area contributed by atoms with Crippen LogP contribution in [0.5, 0.6) is 0 Å². The van der Waals surface area contributed by atoms with Crippen molar-refractivity contribution in [2.24, 2.45) is 29.2 Å². The molecule has 1 saturated heterocycles. The first-order chi connectivity index (χ1) is 30.7. The highest BCUT2D eigenvalue weighted by Gasteiger charge is 2.40. The molecular formula is C45H75N9O9S2. The third kappa shape index (κ3) is 19.5. The first kappa shape index (κ1) is 56.7. The van der Waals surface area contributed by atoms with Crippen LogP contribution in [-0.2, 0) is 44.8 Å². The molecule has 0 radical (unpaired) electrons. The Hall–Kier alpha value is -4.40. The maximum Gasteiger partial charge on any atom is 0.327 e. The molecule has 1 aliphatic heterocycles. The Morgan fingerprint density at radius 1 is 0.738 bits per heavy atom. The van der Waals surface area contributed by atoms with E-state index in [0.717, 1.165) is 0 Å². The number of thiol groups is 1. The van der Waals surface area contributed by atoms with Gasteiger partial charge in [-0.25, -0.2) is 4.79 Å². The number of hydrogen-bond acceptors (Lipinski definition) is 12. The Bertz CT molecular complexity index is 1720. The summed E-state index contributed by atoms with van der Waals surface area (Å²) in [6, 6.07) is 0.375. The van der Waals surface area contributed by atoms with Gasteiger partial charge in [-0.1, -0.05) is 78.3 Å². The van der Waals surface area contributed by atoms with Crippen molar-refractivity contribution in [1.82, 2.24) is 36.8 Å². The second kappa shape index (κ2) is 29.3. The number of likely N-dealkylation sites (tertiary alicyclic amines) is 1. The van der Waals surface area contributed by atoms with Crippen LogP contribution in [0.25, 0.3) is 0 Å². The van der Waals surface area contributed by atoms with E-state index in [1.165, 1.54) is 16.7 Å². The maximum absolute atomic E-state index is 14.3. The lowest BCUT2D eigenvalue weighted by molar-refractivity contribution is -0.142. The van der Waals surface area contributed by atoms with E-state index in [4.69, 9.17) is 11.5 Å². The molecule has 2 rings (SSSR count). The van der Waals surface area contributed by atoms with Crippen molar-refractivity contribution >= 4 is 71.7 Å². The molecule has 0 aromatic heterocycles. The topological polar surface area (TPSA) is 284 Å². The number of thioether (sulfide) groups is 1. The van der Waals surface area contributed by atoms with Gasteiger partial charge in [-0.3, -0.25) is 33.6 Å². The molecule has 1 aliphatic rings. The SMILES string of the molecule is CSCC[C@H](NC(=O)[C@@H](NC(=O)[C@H](Cc1ccccc1)NC(=O)[C@H](CC(C)C)NC(=O)[C@@H]1CCCN1C(=O)[C@H](CC(C)C)NC(=O)[C@@H](N)CCCCN)C(C)C)C(=O)N[C@@H](CS)C(=O)O.